The van der Waals surface area contributed by atoms with E-state index in [4.69, 9.17) is 5.84 Å². The molecule has 2 nitrogen and oxygen atoms in total. The van der Waals surface area contributed by atoms with Gasteiger partial charge in [0.05, 0.1) is 0 Å². The molecular formula is C11H18N2S. The Morgan fingerprint density at radius 1 is 1.71 bits per heavy atom. The molecule has 0 spiro atoms. The van der Waals surface area contributed by atoms with Gasteiger partial charge in [-0.2, -0.15) is 0 Å². The zero-order valence-corrected chi connectivity index (χ0v) is 9.44. The highest BCUT2D eigenvalue weighted by Gasteiger charge is 2.07. The second kappa shape index (κ2) is 5.96. The lowest BCUT2D eigenvalue weighted by Gasteiger charge is -2.14. The minimum Gasteiger partial charge on any atom is -0.271 e. The van der Waals surface area contributed by atoms with Gasteiger partial charge in [0, 0.05) is 10.9 Å². The van der Waals surface area contributed by atoms with Crippen molar-refractivity contribution in [3.63, 3.8) is 0 Å². The fourth-order valence-corrected chi connectivity index (χ4v) is 2.12. The van der Waals surface area contributed by atoms with Gasteiger partial charge in [0.1, 0.15) is 0 Å². The minimum atomic E-state index is 0.366. The molecule has 1 atom stereocenters. The van der Waals surface area contributed by atoms with Crippen LogP contribution in [-0.4, -0.2) is 6.04 Å². The standard InChI is InChI=1S/C11H18N2S/c1-9(2)5-6-10(13-12)8-11-4-3-7-14-11/h3-4,7,10,13H,1,5-6,8,12H2,2H3. The fraction of sp³-hybridized carbons (Fsp3) is 0.455. The summed E-state index contributed by atoms with van der Waals surface area (Å²) in [5.74, 6) is 5.50. The number of rotatable bonds is 6. The highest BCUT2D eigenvalue weighted by Crippen LogP contribution is 2.14. The van der Waals surface area contributed by atoms with Crippen LogP contribution in [0, 0.1) is 0 Å². The Kier molecular flexibility index (Phi) is 4.87. The largest absolute Gasteiger partial charge is 0.271 e. The van der Waals surface area contributed by atoms with Gasteiger partial charge in [-0.05, 0) is 37.6 Å². The van der Waals surface area contributed by atoms with E-state index in [1.807, 2.05) is 0 Å². The van der Waals surface area contributed by atoms with Crippen LogP contribution in [0.5, 0.6) is 0 Å². The van der Waals surface area contributed by atoms with Gasteiger partial charge in [-0.1, -0.05) is 11.6 Å². The van der Waals surface area contributed by atoms with Crippen LogP contribution in [0.3, 0.4) is 0 Å². The third-order valence-electron chi connectivity index (χ3n) is 2.18. The van der Waals surface area contributed by atoms with Gasteiger partial charge in [-0.25, -0.2) is 0 Å². The van der Waals surface area contributed by atoms with E-state index in [1.54, 1.807) is 11.3 Å². The Balaban J connectivity index is 2.35. The van der Waals surface area contributed by atoms with Gasteiger partial charge < -0.3 is 0 Å². The first-order valence-corrected chi connectivity index (χ1v) is 5.73. The SMILES string of the molecule is C=C(C)CCC(Cc1cccs1)NN. The molecule has 0 radical (unpaired) electrons. The maximum atomic E-state index is 5.50. The third-order valence-corrected chi connectivity index (χ3v) is 3.08. The van der Waals surface area contributed by atoms with Crippen LogP contribution in [0.1, 0.15) is 24.6 Å². The van der Waals surface area contributed by atoms with Gasteiger partial charge in [-0.3, -0.25) is 11.3 Å². The van der Waals surface area contributed by atoms with Gasteiger partial charge in [0.2, 0.25) is 0 Å². The molecule has 0 aliphatic carbocycles. The van der Waals surface area contributed by atoms with E-state index in [-0.39, 0.29) is 0 Å². The molecule has 14 heavy (non-hydrogen) atoms. The Bertz CT molecular complexity index is 267. The Morgan fingerprint density at radius 3 is 3.00 bits per heavy atom. The molecule has 78 valence electrons. The zero-order valence-electron chi connectivity index (χ0n) is 8.62. The number of nitrogens with two attached hydrogens (primary N) is 1. The van der Waals surface area contributed by atoms with Gasteiger partial charge in [0.25, 0.3) is 0 Å². The van der Waals surface area contributed by atoms with Crippen LogP contribution < -0.4 is 11.3 Å². The van der Waals surface area contributed by atoms with Crippen LogP contribution in [-0.2, 0) is 6.42 Å². The Hall–Kier alpha value is -0.640. The molecule has 1 aromatic heterocycles. The molecule has 3 N–H and O–H groups in total. The van der Waals surface area contributed by atoms with E-state index in [9.17, 15) is 0 Å². The normalized spacial score (nSPS) is 12.7. The highest BCUT2D eigenvalue weighted by atomic mass is 32.1. The second-order valence-corrected chi connectivity index (χ2v) is 4.68. The summed E-state index contributed by atoms with van der Waals surface area (Å²) >= 11 is 1.78. The van der Waals surface area contributed by atoms with Crippen molar-refractivity contribution >= 4 is 11.3 Å². The van der Waals surface area contributed by atoms with Crippen LogP contribution in [0.2, 0.25) is 0 Å². The van der Waals surface area contributed by atoms with Crippen LogP contribution >= 0.6 is 11.3 Å². The van der Waals surface area contributed by atoms with E-state index in [0.29, 0.717) is 6.04 Å². The van der Waals surface area contributed by atoms with Crippen molar-refractivity contribution in [1.82, 2.24) is 5.43 Å². The number of thiophene rings is 1. The summed E-state index contributed by atoms with van der Waals surface area (Å²) in [6.45, 7) is 5.95. The summed E-state index contributed by atoms with van der Waals surface area (Å²) in [4.78, 5) is 1.38. The maximum Gasteiger partial charge on any atom is 0.0261 e. The molecule has 0 aromatic carbocycles. The predicted molar refractivity (Wildman–Crippen MR) is 63.2 cm³/mol. The smallest absolute Gasteiger partial charge is 0.0261 e. The summed E-state index contributed by atoms with van der Waals surface area (Å²) in [6, 6.07) is 4.59. The average Bonchev–Trinajstić information content (AvgIpc) is 2.64. The van der Waals surface area contributed by atoms with Crippen molar-refractivity contribution in [3.05, 3.63) is 34.5 Å². The Morgan fingerprint density at radius 2 is 2.50 bits per heavy atom. The van der Waals surface area contributed by atoms with Crippen LogP contribution in [0.25, 0.3) is 0 Å². The van der Waals surface area contributed by atoms with Crippen molar-refractivity contribution in [2.24, 2.45) is 5.84 Å². The van der Waals surface area contributed by atoms with Crippen molar-refractivity contribution in [1.29, 1.82) is 0 Å². The first-order valence-electron chi connectivity index (χ1n) is 4.85. The number of allylic oxidation sites excluding steroid dienone is 1. The number of nitrogens with one attached hydrogen (secondary N) is 1. The van der Waals surface area contributed by atoms with E-state index < -0.39 is 0 Å². The monoisotopic (exact) mass is 210 g/mol. The van der Waals surface area contributed by atoms with Gasteiger partial charge >= 0.3 is 0 Å². The van der Waals surface area contributed by atoms with Gasteiger partial charge in [0.15, 0.2) is 0 Å². The van der Waals surface area contributed by atoms with Crippen LogP contribution in [0.15, 0.2) is 29.7 Å². The van der Waals surface area contributed by atoms with Crippen molar-refractivity contribution < 1.29 is 0 Å². The lowest BCUT2D eigenvalue weighted by Crippen LogP contribution is -2.36. The number of hydrogen-bond acceptors (Lipinski definition) is 3. The third kappa shape index (κ3) is 4.05. The average molecular weight is 210 g/mol. The molecular weight excluding hydrogens is 192 g/mol. The quantitative estimate of drug-likeness (QED) is 0.430. The molecule has 0 saturated heterocycles. The van der Waals surface area contributed by atoms with Crippen molar-refractivity contribution in [2.75, 3.05) is 0 Å². The molecule has 0 bridgehead atoms. The van der Waals surface area contributed by atoms with Crippen LogP contribution in [0.4, 0.5) is 0 Å². The summed E-state index contributed by atoms with van der Waals surface area (Å²) in [5.41, 5.74) is 4.08. The van der Waals surface area contributed by atoms with Gasteiger partial charge in [-0.15, -0.1) is 17.9 Å². The first-order chi connectivity index (χ1) is 6.72. The molecule has 1 rings (SSSR count). The molecule has 0 aliphatic heterocycles. The van der Waals surface area contributed by atoms with E-state index in [1.165, 1.54) is 10.5 Å². The summed E-state index contributed by atoms with van der Waals surface area (Å²) in [7, 11) is 0. The molecule has 0 fully saturated rings. The molecule has 1 aromatic rings. The minimum absolute atomic E-state index is 0.366. The predicted octanol–water partition coefficient (Wildman–Crippen LogP) is 2.48. The molecule has 0 amide bonds. The first kappa shape index (κ1) is 11.4. The Labute approximate surface area is 89.8 Å². The van der Waals surface area contributed by atoms with E-state index in [2.05, 4.69) is 36.4 Å². The topological polar surface area (TPSA) is 38.0 Å². The molecule has 1 unspecified atom stereocenters. The summed E-state index contributed by atoms with van der Waals surface area (Å²) in [5, 5.41) is 2.10. The highest BCUT2D eigenvalue weighted by molar-refractivity contribution is 7.09. The zero-order chi connectivity index (χ0) is 10.4. The number of hydrazine groups is 1. The maximum absolute atomic E-state index is 5.50. The summed E-state index contributed by atoms with van der Waals surface area (Å²) in [6.07, 6.45) is 3.12. The van der Waals surface area contributed by atoms with Crippen molar-refractivity contribution in [3.8, 4) is 0 Å². The van der Waals surface area contributed by atoms with Crippen molar-refractivity contribution in [2.45, 2.75) is 32.2 Å². The lowest BCUT2D eigenvalue weighted by molar-refractivity contribution is 0.493. The number of hydrogen-bond donors (Lipinski definition) is 2. The summed E-state index contributed by atoms with van der Waals surface area (Å²) < 4.78 is 0. The van der Waals surface area contributed by atoms with E-state index >= 15 is 0 Å². The lowest BCUT2D eigenvalue weighted by atomic mass is 10.0. The second-order valence-electron chi connectivity index (χ2n) is 3.64. The molecule has 0 aliphatic rings. The molecule has 3 heteroatoms. The fourth-order valence-electron chi connectivity index (χ4n) is 1.34. The molecule has 0 saturated carbocycles. The van der Waals surface area contributed by atoms with E-state index in [0.717, 1.165) is 19.3 Å². The molecule has 1 heterocycles.